The first-order valence-corrected chi connectivity index (χ1v) is 5.13. The third-order valence-electron chi connectivity index (χ3n) is 2.74. The monoisotopic (exact) mass is 222 g/mol. The van der Waals surface area contributed by atoms with Crippen molar-refractivity contribution < 1.29 is 14.6 Å². The van der Waals surface area contributed by atoms with Crippen LogP contribution in [0.1, 0.15) is 5.56 Å². The molecule has 5 heteroatoms. The second kappa shape index (κ2) is 4.59. The van der Waals surface area contributed by atoms with Crippen LogP contribution in [-0.4, -0.2) is 35.8 Å². The fraction of sp³-hybridized carbons (Fsp3) is 0.455. The SMILES string of the molecule is O=C(NCc1ccncc1)C1(CO)COC1. The van der Waals surface area contributed by atoms with Crippen LogP contribution in [0.3, 0.4) is 0 Å². The van der Waals surface area contributed by atoms with Crippen molar-refractivity contribution in [2.24, 2.45) is 5.41 Å². The highest BCUT2D eigenvalue weighted by Crippen LogP contribution is 2.26. The van der Waals surface area contributed by atoms with Crippen LogP contribution in [0.4, 0.5) is 0 Å². The summed E-state index contributed by atoms with van der Waals surface area (Å²) in [6.45, 7) is 0.871. The largest absolute Gasteiger partial charge is 0.395 e. The van der Waals surface area contributed by atoms with Crippen LogP contribution in [0, 0.1) is 5.41 Å². The summed E-state index contributed by atoms with van der Waals surface area (Å²) in [4.78, 5) is 15.7. The molecule has 0 bridgehead atoms. The van der Waals surface area contributed by atoms with E-state index >= 15 is 0 Å². The lowest BCUT2D eigenvalue weighted by Gasteiger charge is -2.38. The van der Waals surface area contributed by atoms with E-state index in [1.54, 1.807) is 12.4 Å². The van der Waals surface area contributed by atoms with Crippen LogP contribution < -0.4 is 5.32 Å². The predicted molar refractivity (Wildman–Crippen MR) is 56.4 cm³/mol. The fourth-order valence-electron chi connectivity index (χ4n) is 1.51. The number of amides is 1. The van der Waals surface area contributed by atoms with Gasteiger partial charge in [0.25, 0.3) is 0 Å². The first kappa shape index (κ1) is 11.0. The van der Waals surface area contributed by atoms with Gasteiger partial charge in [-0.1, -0.05) is 0 Å². The van der Waals surface area contributed by atoms with E-state index in [1.165, 1.54) is 0 Å². The van der Waals surface area contributed by atoms with Crippen LogP contribution >= 0.6 is 0 Å². The topological polar surface area (TPSA) is 71.5 Å². The maximum atomic E-state index is 11.8. The van der Waals surface area contributed by atoms with E-state index in [4.69, 9.17) is 9.84 Å². The zero-order valence-corrected chi connectivity index (χ0v) is 8.85. The van der Waals surface area contributed by atoms with E-state index in [9.17, 15) is 4.79 Å². The van der Waals surface area contributed by atoms with Gasteiger partial charge in [-0.2, -0.15) is 0 Å². The normalized spacial score (nSPS) is 17.6. The Morgan fingerprint density at radius 2 is 2.19 bits per heavy atom. The van der Waals surface area contributed by atoms with Gasteiger partial charge in [0.1, 0.15) is 5.41 Å². The van der Waals surface area contributed by atoms with Crippen molar-refractivity contribution in [3.8, 4) is 0 Å². The van der Waals surface area contributed by atoms with E-state index in [0.29, 0.717) is 19.8 Å². The molecule has 2 heterocycles. The second-order valence-electron chi connectivity index (χ2n) is 3.97. The first-order chi connectivity index (χ1) is 7.77. The fourth-order valence-corrected chi connectivity index (χ4v) is 1.51. The molecule has 0 aromatic carbocycles. The Hall–Kier alpha value is -1.46. The highest BCUT2D eigenvalue weighted by molar-refractivity contribution is 5.83. The van der Waals surface area contributed by atoms with Crippen LogP contribution in [0.25, 0.3) is 0 Å². The number of pyridine rings is 1. The number of carbonyl (C=O) groups is 1. The Morgan fingerprint density at radius 1 is 1.50 bits per heavy atom. The van der Waals surface area contributed by atoms with Crippen LogP contribution in [-0.2, 0) is 16.1 Å². The first-order valence-electron chi connectivity index (χ1n) is 5.13. The molecule has 0 radical (unpaired) electrons. The van der Waals surface area contributed by atoms with Crippen molar-refractivity contribution in [3.05, 3.63) is 30.1 Å². The lowest BCUT2D eigenvalue weighted by molar-refractivity contribution is -0.170. The summed E-state index contributed by atoms with van der Waals surface area (Å²) in [6.07, 6.45) is 3.35. The van der Waals surface area contributed by atoms with Gasteiger partial charge in [-0.25, -0.2) is 0 Å². The standard InChI is InChI=1S/C11H14N2O3/c14-6-11(7-16-8-11)10(15)13-5-9-1-3-12-4-2-9/h1-4,14H,5-8H2,(H,13,15). The average Bonchev–Trinajstić information content (AvgIpc) is 2.27. The summed E-state index contributed by atoms with van der Waals surface area (Å²) in [5.41, 5.74) is 0.254. The van der Waals surface area contributed by atoms with E-state index < -0.39 is 5.41 Å². The van der Waals surface area contributed by atoms with Gasteiger partial charge in [-0.05, 0) is 17.7 Å². The zero-order valence-electron chi connectivity index (χ0n) is 8.85. The molecule has 0 atom stereocenters. The van der Waals surface area contributed by atoms with E-state index in [0.717, 1.165) is 5.56 Å². The zero-order chi connectivity index (χ0) is 11.4. The second-order valence-corrected chi connectivity index (χ2v) is 3.97. The molecule has 1 aromatic rings. The van der Waals surface area contributed by atoms with Gasteiger partial charge in [0, 0.05) is 18.9 Å². The Kier molecular flexibility index (Phi) is 3.17. The molecule has 1 aliphatic heterocycles. The minimum atomic E-state index is -0.729. The number of ether oxygens (including phenoxy) is 1. The summed E-state index contributed by atoms with van der Waals surface area (Å²) in [6, 6.07) is 3.67. The van der Waals surface area contributed by atoms with Gasteiger partial charge in [-0.3, -0.25) is 9.78 Å². The Labute approximate surface area is 93.5 Å². The quantitative estimate of drug-likeness (QED) is 0.734. The molecule has 5 nitrogen and oxygen atoms in total. The molecule has 1 aromatic heterocycles. The number of nitrogens with zero attached hydrogens (tertiary/aromatic N) is 1. The third kappa shape index (κ3) is 2.05. The minimum absolute atomic E-state index is 0.155. The number of aliphatic hydroxyl groups is 1. The Morgan fingerprint density at radius 3 is 2.69 bits per heavy atom. The lowest BCUT2D eigenvalue weighted by Crippen LogP contribution is -2.56. The molecule has 0 spiro atoms. The molecule has 16 heavy (non-hydrogen) atoms. The third-order valence-corrected chi connectivity index (χ3v) is 2.74. The van der Waals surface area contributed by atoms with Gasteiger partial charge >= 0.3 is 0 Å². The van der Waals surface area contributed by atoms with Gasteiger partial charge in [-0.15, -0.1) is 0 Å². The van der Waals surface area contributed by atoms with Crippen LogP contribution in [0.5, 0.6) is 0 Å². The van der Waals surface area contributed by atoms with E-state index in [-0.39, 0.29) is 12.5 Å². The highest BCUT2D eigenvalue weighted by atomic mass is 16.5. The molecular formula is C11H14N2O3. The molecule has 1 saturated heterocycles. The summed E-state index contributed by atoms with van der Waals surface area (Å²) >= 11 is 0. The number of hydrogen-bond acceptors (Lipinski definition) is 4. The molecule has 0 aliphatic carbocycles. The lowest BCUT2D eigenvalue weighted by atomic mass is 9.86. The summed E-state index contributed by atoms with van der Waals surface area (Å²) in [7, 11) is 0. The molecule has 2 N–H and O–H groups in total. The van der Waals surface area contributed by atoms with Gasteiger partial charge in [0.15, 0.2) is 0 Å². The molecule has 2 rings (SSSR count). The minimum Gasteiger partial charge on any atom is -0.395 e. The predicted octanol–water partition coefficient (Wildman–Crippen LogP) is -0.293. The number of carbonyl (C=O) groups excluding carboxylic acids is 1. The van der Waals surface area contributed by atoms with Gasteiger partial charge in [0.05, 0.1) is 19.8 Å². The molecule has 0 saturated carbocycles. The van der Waals surface area contributed by atoms with Crippen molar-refractivity contribution in [2.75, 3.05) is 19.8 Å². The number of aliphatic hydroxyl groups excluding tert-OH is 1. The smallest absolute Gasteiger partial charge is 0.233 e. The van der Waals surface area contributed by atoms with Crippen molar-refractivity contribution >= 4 is 5.91 Å². The maximum Gasteiger partial charge on any atom is 0.233 e. The molecule has 0 unspecified atom stereocenters. The van der Waals surface area contributed by atoms with E-state index in [1.807, 2.05) is 12.1 Å². The van der Waals surface area contributed by atoms with E-state index in [2.05, 4.69) is 10.3 Å². The molecule has 1 fully saturated rings. The van der Waals surface area contributed by atoms with Crippen molar-refractivity contribution in [2.45, 2.75) is 6.54 Å². The Balaban J connectivity index is 1.89. The number of hydrogen-bond donors (Lipinski definition) is 2. The van der Waals surface area contributed by atoms with Crippen molar-refractivity contribution in [3.63, 3.8) is 0 Å². The maximum absolute atomic E-state index is 11.8. The van der Waals surface area contributed by atoms with Crippen LogP contribution in [0.2, 0.25) is 0 Å². The highest BCUT2D eigenvalue weighted by Gasteiger charge is 2.45. The van der Waals surface area contributed by atoms with Crippen LogP contribution in [0.15, 0.2) is 24.5 Å². The van der Waals surface area contributed by atoms with Crippen molar-refractivity contribution in [1.82, 2.24) is 10.3 Å². The molecule has 1 amide bonds. The summed E-state index contributed by atoms with van der Waals surface area (Å²) < 4.78 is 4.97. The van der Waals surface area contributed by atoms with Gasteiger partial charge < -0.3 is 15.2 Å². The summed E-state index contributed by atoms with van der Waals surface area (Å²) in [5, 5.41) is 11.9. The average molecular weight is 222 g/mol. The van der Waals surface area contributed by atoms with Crippen molar-refractivity contribution in [1.29, 1.82) is 0 Å². The molecule has 86 valence electrons. The summed E-state index contributed by atoms with van der Waals surface area (Å²) in [5.74, 6) is -0.155. The Bertz CT molecular complexity index is 357. The molecular weight excluding hydrogens is 208 g/mol. The number of nitrogens with one attached hydrogen (secondary N) is 1. The number of rotatable bonds is 4. The van der Waals surface area contributed by atoms with Gasteiger partial charge in [0.2, 0.25) is 5.91 Å². The molecule has 1 aliphatic rings. The number of aromatic nitrogens is 1.